The number of thioether (sulfide) groups is 1. The summed E-state index contributed by atoms with van der Waals surface area (Å²) in [4.78, 5) is 31.1. The van der Waals surface area contributed by atoms with Crippen LogP contribution >= 0.6 is 11.8 Å². The molecule has 32 heavy (non-hydrogen) atoms. The predicted molar refractivity (Wildman–Crippen MR) is 126 cm³/mol. The Morgan fingerprint density at radius 1 is 1.00 bits per heavy atom. The van der Waals surface area contributed by atoms with Gasteiger partial charge in [-0.15, -0.1) is 0 Å². The van der Waals surface area contributed by atoms with Gasteiger partial charge < -0.3 is 15.1 Å². The molecule has 2 amide bonds. The van der Waals surface area contributed by atoms with E-state index in [4.69, 9.17) is 0 Å². The average molecular weight is 449 g/mol. The van der Waals surface area contributed by atoms with Gasteiger partial charge in [0.15, 0.2) is 11.5 Å². The van der Waals surface area contributed by atoms with Gasteiger partial charge in [-0.2, -0.15) is 5.10 Å². The first kappa shape index (κ1) is 20.4. The van der Waals surface area contributed by atoms with Gasteiger partial charge in [-0.3, -0.25) is 19.9 Å². The minimum Gasteiger partial charge on any atom is -0.368 e. The molecule has 1 saturated heterocycles. The number of benzene rings is 2. The molecule has 0 aromatic heterocycles. The first-order chi connectivity index (χ1) is 15.7. The van der Waals surface area contributed by atoms with Crippen molar-refractivity contribution >= 4 is 40.1 Å². The molecule has 0 spiro atoms. The molecule has 1 atom stereocenters. The Kier molecular flexibility index (Phi) is 5.72. The van der Waals surface area contributed by atoms with E-state index in [9.17, 15) is 9.59 Å². The van der Waals surface area contributed by atoms with Gasteiger partial charge in [0.05, 0.1) is 11.4 Å². The van der Waals surface area contributed by atoms with Crippen molar-refractivity contribution < 1.29 is 9.59 Å². The number of hydrogen-bond donors (Lipinski definition) is 2. The van der Waals surface area contributed by atoms with Crippen LogP contribution in [-0.4, -0.2) is 65.0 Å². The maximum absolute atomic E-state index is 12.9. The van der Waals surface area contributed by atoms with Crippen LogP contribution in [0.2, 0.25) is 0 Å². The molecule has 164 valence electrons. The van der Waals surface area contributed by atoms with Crippen LogP contribution in [0, 0.1) is 0 Å². The van der Waals surface area contributed by atoms with Crippen LogP contribution in [0.25, 0.3) is 5.70 Å². The molecule has 0 saturated carbocycles. The molecule has 2 N–H and O–H groups in total. The molecule has 0 radical (unpaired) electrons. The lowest BCUT2D eigenvalue weighted by molar-refractivity contribution is -0.128. The van der Waals surface area contributed by atoms with E-state index in [-0.39, 0.29) is 11.8 Å². The summed E-state index contributed by atoms with van der Waals surface area (Å²) in [5.41, 5.74) is 5.84. The highest BCUT2D eigenvalue weighted by Crippen LogP contribution is 2.29. The topological polar surface area (TPSA) is 80.3 Å². The number of amidine groups is 1. The van der Waals surface area contributed by atoms with E-state index in [0.717, 1.165) is 24.4 Å². The van der Waals surface area contributed by atoms with Crippen LogP contribution in [-0.2, 0) is 9.59 Å². The van der Waals surface area contributed by atoms with Crippen molar-refractivity contribution in [2.75, 3.05) is 36.8 Å². The van der Waals surface area contributed by atoms with E-state index >= 15 is 0 Å². The van der Waals surface area contributed by atoms with Crippen molar-refractivity contribution in [3.63, 3.8) is 0 Å². The summed E-state index contributed by atoms with van der Waals surface area (Å²) >= 11 is 1.38. The highest BCUT2D eigenvalue weighted by molar-refractivity contribution is 8.14. The van der Waals surface area contributed by atoms with Gasteiger partial charge in [0.25, 0.3) is 0 Å². The molecular formula is C23H24N6O2S. The van der Waals surface area contributed by atoms with Crippen molar-refractivity contribution in [3.8, 4) is 0 Å². The molecule has 3 heterocycles. The Bertz CT molecular complexity index is 1050. The second kappa shape index (κ2) is 8.96. The molecule has 2 aromatic rings. The minimum absolute atomic E-state index is 0.0974. The molecule has 1 unspecified atom stereocenters. The number of anilines is 1. The summed E-state index contributed by atoms with van der Waals surface area (Å²) in [7, 11) is 0. The van der Waals surface area contributed by atoms with E-state index in [1.54, 1.807) is 6.08 Å². The van der Waals surface area contributed by atoms with Gasteiger partial charge >= 0.3 is 0 Å². The number of nitrogens with one attached hydrogen (secondary N) is 2. The van der Waals surface area contributed by atoms with Crippen LogP contribution < -0.4 is 15.6 Å². The number of amides is 2. The summed E-state index contributed by atoms with van der Waals surface area (Å²) in [5, 5.41) is 7.90. The second-order valence-electron chi connectivity index (χ2n) is 7.69. The Balaban J connectivity index is 1.20. The van der Waals surface area contributed by atoms with Crippen molar-refractivity contribution in [2.24, 2.45) is 5.10 Å². The Morgan fingerprint density at radius 3 is 2.41 bits per heavy atom. The zero-order chi connectivity index (χ0) is 21.9. The highest BCUT2D eigenvalue weighted by atomic mass is 32.2. The van der Waals surface area contributed by atoms with Gasteiger partial charge in [0.1, 0.15) is 0 Å². The lowest BCUT2D eigenvalue weighted by atomic mass is 10.1. The lowest BCUT2D eigenvalue weighted by Crippen LogP contribution is -2.54. The van der Waals surface area contributed by atoms with Crippen LogP contribution in [0.15, 0.2) is 71.8 Å². The largest absolute Gasteiger partial charge is 0.368 e. The second-order valence-corrected chi connectivity index (χ2v) is 8.63. The fourth-order valence-electron chi connectivity index (χ4n) is 4.05. The van der Waals surface area contributed by atoms with Crippen molar-refractivity contribution in [2.45, 2.75) is 6.29 Å². The standard InChI is InChI=1S/C23H24N6O2S/c30-20-15-19(17-7-3-1-4-8-17)29-22(24-20)25-26-23(29)32-16-21(31)28-13-11-27(12-14-28)18-9-5-2-6-10-18/h1-10,15,22,25H,11-14,16H2,(H,24,30). The number of hydrazone groups is 1. The summed E-state index contributed by atoms with van der Waals surface area (Å²) in [6.45, 7) is 3.06. The van der Waals surface area contributed by atoms with Crippen LogP contribution in [0.5, 0.6) is 0 Å². The quantitative estimate of drug-likeness (QED) is 0.741. The molecule has 3 aliphatic rings. The average Bonchev–Trinajstić information content (AvgIpc) is 3.26. The molecule has 5 rings (SSSR count). The number of carbonyl (C=O) groups is 2. The molecule has 1 fully saturated rings. The van der Waals surface area contributed by atoms with E-state index in [0.29, 0.717) is 24.0 Å². The highest BCUT2D eigenvalue weighted by Gasteiger charge is 2.36. The minimum atomic E-state index is -0.449. The molecular weight excluding hydrogens is 424 g/mol. The summed E-state index contributed by atoms with van der Waals surface area (Å²) < 4.78 is 0. The zero-order valence-electron chi connectivity index (χ0n) is 17.5. The third-order valence-electron chi connectivity index (χ3n) is 5.70. The van der Waals surface area contributed by atoms with Gasteiger partial charge in [-0.25, -0.2) is 0 Å². The SMILES string of the molecule is O=C1C=C(c2ccccc2)N2C(SCC(=O)N3CCN(c4ccccc4)CC3)=NNC2N1. The van der Waals surface area contributed by atoms with Gasteiger partial charge in [-0.05, 0) is 17.7 Å². The molecule has 8 nitrogen and oxygen atoms in total. The third-order valence-corrected chi connectivity index (χ3v) is 6.64. The van der Waals surface area contributed by atoms with Crippen LogP contribution in [0.4, 0.5) is 5.69 Å². The summed E-state index contributed by atoms with van der Waals surface area (Å²) in [6.07, 6.45) is 1.12. The van der Waals surface area contributed by atoms with Crippen molar-refractivity contribution in [1.82, 2.24) is 20.5 Å². The number of fused-ring (bicyclic) bond motifs is 1. The van der Waals surface area contributed by atoms with E-state index in [1.807, 2.05) is 58.3 Å². The van der Waals surface area contributed by atoms with Gasteiger partial charge in [0.2, 0.25) is 11.8 Å². The molecule has 9 heteroatoms. The third kappa shape index (κ3) is 4.16. The molecule has 0 aliphatic carbocycles. The Morgan fingerprint density at radius 2 is 1.69 bits per heavy atom. The predicted octanol–water partition coefficient (Wildman–Crippen LogP) is 1.70. The smallest absolute Gasteiger partial charge is 0.249 e. The fourth-order valence-corrected chi connectivity index (χ4v) is 4.95. The van der Waals surface area contributed by atoms with Gasteiger partial charge in [-0.1, -0.05) is 60.3 Å². The van der Waals surface area contributed by atoms with Gasteiger partial charge in [0, 0.05) is 37.9 Å². The van der Waals surface area contributed by atoms with Crippen LogP contribution in [0.3, 0.4) is 0 Å². The van der Waals surface area contributed by atoms with E-state index in [2.05, 4.69) is 32.9 Å². The molecule has 0 bridgehead atoms. The Labute approximate surface area is 190 Å². The summed E-state index contributed by atoms with van der Waals surface area (Å²) in [6, 6.07) is 20.0. The number of rotatable bonds is 4. The maximum atomic E-state index is 12.9. The molecule has 2 aromatic carbocycles. The Hall–Kier alpha value is -3.46. The van der Waals surface area contributed by atoms with Crippen molar-refractivity contribution in [3.05, 3.63) is 72.3 Å². The monoisotopic (exact) mass is 448 g/mol. The number of hydrogen-bond acceptors (Lipinski definition) is 7. The number of piperazine rings is 1. The summed E-state index contributed by atoms with van der Waals surface area (Å²) in [5.74, 6) is 0.219. The first-order valence-electron chi connectivity index (χ1n) is 10.6. The number of para-hydroxylation sites is 1. The lowest BCUT2D eigenvalue weighted by Gasteiger charge is -2.36. The first-order valence-corrected chi connectivity index (χ1v) is 11.6. The zero-order valence-corrected chi connectivity index (χ0v) is 18.3. The fraction of sp³-hybridized carbons (Fsp3) is 0.261. The van der Waals surface area contributed by atoms with E-state index in [1.165, 1.54) is 17.4 Å². The number of nitrogens with zero attached hydrogens (tertiary/aromatic N) is 4. The van der Waals surface area contributed by atoms with Crippen molar-refractivity contribution in [1.29, 1.82) is 0 Å². The van der Waals surface area contributed by atoms with E-state index < -0.39 is 6.29 Å². The maximum Gasteiger partial charge on any atom is 0.249 e. The number of carbonyl (C=O) groups excluding carboxylic acids is 2. The van der Waals surface area contributed by atoms with Crippen LogP contribution in [0.1, 0.15) is 5.56 Å². The molecule has 3 aliphatic heterocycles. The normalized spacial score (nSPS) is 20.2.